The van der Waals surface area contributed by atoms with E-state index in [1.807, 2.05) is 30.3 Å². The zero-order valence-corrected chi connectivity index (χ0v) is 15.1. The van der Waals surface area contributed by atoms with E-state index in [2.05, 4.69) is 4.72 Å². The topological polar surface area (TPSA) is 66.5 Å². The van der Waals surface area contributed by atoms with Crippen LogP contribution in [0.4, 0.5) is 0 Å². The van der Waals surface area contributed by atoms with E-state index < -0.39 is 10.0 Å². The molecule has 0 fully saturated rings. The van der Waals surface area contributed by atoms with Gasteiger partial charge in [0.1, 0.15) is 0 Å². The van der Waals surface area contributed by atoms with E-state index in [1.165, 1.54) is 23.1 Å². The molecule has 0 aliphatic heterocycles. The maximum atomic E-state index is 12.3. The first kappa shape index (κ1) is 18.4. The van der Waals surface area contributed by atoms with Crippen LogP contribution in [-0.2, 0) is 21.4 Å². The summed E-state index contributed by atoms with van der Waals surface area (Å²) in [5.74, 6) is -0.312. The van der Waals surface area contributed by atoms with Crippen LogP contribution < -0.4 is 4.72 Å². The van der Waals surface area contributed by atoms with Crippen LogP contribution >= 0.6 is 11.6 Å². The Morgan fingerprint density at radius 3 is 2.46 bits per heavy atom. The maximum absolute atomic E-state index is 12.3. The van der Waals surface area contributed by atoms with E-state index >= 15 is 0 Å². The molecule has 0 aliphatic carbocycles. The number of hydrogen-bond acceptors (Lipinski definition) is 3. The minimum absolute atomic E-state index is 0.0860. The number of halogens is 1. The van der Waals surface area contributed by atoms with Gasteiger partial charge in [0.15, 0.2) is 0 Å². The number of likely N-dealkylation sites (N-methyl/N-ethyl adjacent to an activating group) is 1. The van der Waals surface area contributed by atoms with Crippen LogP contribution in [0.2, 0.25) is 5.02 Å². The summed E-state index contributed by atoms with van der Waals surface area (Å²) in [6, 6.07) is 13.9. The minimum Gasteiger partial charge on any atom is -0.340 e. The molecule has 0 radical (unpaired) electrons. The highest BCUT2D eigenvalue weighted by Gasteiger charge is 2.18. The Balaban J connectivity index is 1.98. The third-order valence-electron chi connectivity index (χ3n) is 3.54. The Kier molecular flexibility index (Phi) is 5.99. The van der Waals surface area contributed by atoms with Gasteiger partial charge < -0.3 is 4.90 Å². The smallest absolute Gasteiger partial charge is 0.241 e. The summed E-state index contributed by atoms with van der Waals surface area (Å²) in [4.78, 5) is 13.7. The molecule has 0 bridgehead atoms. The number of rotatable bonds is 6. The largest absolute Gasteiger partial charge is 0.340 e. The van der Waals surface area contributed by atoms with E-state index in [0.29, 0.717) is 17.1 Å². The Bertz CT molecular complexity index is 823. The highest BCUT2D eigenvalue weighted by atomic mass is 35.5. The number of hydrogen-bond donors (Lipinski definition) is 1. The molecular formula is C17H19ClN2O3S. The van der Waals surface area contributed by atoms with Gasteiger partial charge in [-0.2, -0.15) is 0 Å². The predicted octanol–water partition coefficient (Wildman–Crippen LogP) is 2.59. The maximum Gasteiger partial charge on any atom is 0.241 e. The SMILES string of the molecule is Cc1cc(S(=O)(=O)NCC(=O)N(C)Cc2ccccc2)ccc1Cl. The van der Waals surface area contributed by atoms with Gasteiger partial charge in [-0.3, -0.25) is 4.79 Å². The summed E-state index contributed by atoms with van der Waals surface area (Å²) in [5.41, 5.74) is 1.64. The fraction of sp³-hybridized carbons (Fsp3) is 0.235. The molecule has 2 rings (SSSR count). The van der Waals surface area contributed by atoms with Crippen molar-refractivity contribution in [3.63, 3.8) is 0 Å². The third kappa shape index (κ3) is 4.80. The van der Waals surface area contributed by atoms with Crippen molar-refractivity contribution in [2.75, 3.05) is 13.6 Å². The van der Waals surface area contributed by atoms with Crippen molar-refractivity contribution in [2.45, 2.75) is 18.4 Å². The number of aryl methyl sites for hydroxylation is 1. The highest BCUT2D eigenvalue weighted by molar-refractivity contribution is 7.89. The van der Waals surface area contributed by atoms with Gasteiger partial charge in [0.2, 0.25) is 15.9 Å². The van der Waals surface area contributed by atoms with Crippen LogP contribution in [0.5, 0.6) is 0 Å². The van der Waals surface area contributed by atoms with Crippen LogP contribution in [-0.4, -0.2) is 32.8 Å². The number of carbonyl (C=O) groups excluding carboxylic acids is 1. The van der Waals surface area contributed by atoms with Gasteiger partial charge in [-0.15, -0.1) is 0 Å². The molecular weight excluding hydrogens is 348 g/mol. The molecule has 1 amide bonds. The van der Waals surface area contributed by atoms with E-state index in [4.69, 9.17) is 11.6 Å². The molecule has 0 atom stereocenters. The third-order valence-corrected chi connectivity index (χ3v) is 5.36. The standard InChI is InChI=1S/C17H19ClN2O3S/c1-13-10-15(8-9-16(13)18)24(22,23)19-11-17(21)20(2)12-14-6-4-3-5-7-14/h3-10,19H,11-12H2,1-2H3. The van der Waals surface area contributed by atoms with Crippen LogP contribution in [0.15, 0.2) is 53.4 Å². The molecule has 2 aromatic carbocycles. The van der Waals surface area contributed by atoms with E-state index in [9.17, 15) is 13.2 Å². The molecule has 24 heavy (non-hydrogen) atoms. The second kappa shape index (κ2) is 7.79. The zero-order chi connectivity index (χ0) is 17.7. The number of nitrogens with one attached hydrogen (secondary N) is 1. The van der Waals surface area contributed by atoms with E-state index in [1.54, 1.807) is 14.0 Å². The van der Waals surface area contributed by atoms with Gasteiger partial charge in [0.05, 0.1) is 11.4 Å². The second-order valence-electron chi connectivity index (χ2n) is 5.47. The van der Waals surface area contributed by atoms with Crippen LogP contribution in [0.1, 0.15) is 11.1 Å². The van der Waals surface area contributed by atoms with Crippen molar-refractivity contribution < 1.29 is 13.2 Å². The molecule has 128 valence electrons. The number of amides is 1. The highest BCUT2D eigenvalue weighted by Crippen LogP contribution is 2.19. The number of sulfonamides is 1. The lowest BCUT2D eigenvalue weighted by Crippen LogP contribution is -2.37. The van der Waals surface area contributed by atoms with Gasteiger partial charge in [-0.1, -0.05) is 41.9 Å². The van der Waals surface area contributed by atoms with Gasteiger partial charge in [-0.05, 0) is 36.2 Å². The molecule has 1 N–H and O–H groups in total. The Labute approximate surface area is 147 Å². The molecule has 0 saturated heterocycles. The summed E-state index contributed by atoms with van der Waals surface area (Å²) in [7, 11) is -2.12. The van der Waals surface area contributed by atoms with Gasteiger partial charge >= 0.3 is 0 Å². The zero-order valence-electron chi connectivity index (χ0n) is 13.5. The van der Waals surface area contributed by atoms with Crippen LogP contribution in [0, 0.1) is 6.92 Å². The molecule has 0 saturated carbocycles. The fourth-order valence-electron chi connectivity index (χ4n) is 2.10. The molecule has 5 nitrogen and oxygen atoms in total. The van der Waals surface area contributed by atoms with Crippen molar-refractivity contribution in [2.24, 2.45) is 0 Å². The Hall–Kier alpha value is -1.89. The monoisotopic (exact) mass is 366 g/mol. The number of carbonyl (C=O) groups is 1. The predicted molar refractivity (Wildman–Crippen MR) is 94.3 cm³/mol. The average molecular weight is 367 g/mol. The van der Waals surface area contributed by atoms with Gasteiger partial charge in [0.25, 0.3) is 0 Å². The van der Waals surface area contributed by atoms with Crippen molar-refractivity contribution in [1.82, 2.24) is 9.62 Å². The second-order valence-corrected chi connectivity index (χ2v) is 7.65. The summed E-state index contributed by atoms with van der Waals surface area (Å²) in [6.07, 6.45) is 0. The molecule has 2 aromatic rings. The number of nitrogens with zero attached hydrogens (tertiary/aromatic N) is 1. The van der Waals surface area contributed by atoms with Crippen molar-refractivity contribution in [3.8, 4) is 0 Å². The molecule has 0 aromatic heterocycles. The van der Waals surface area contributed by atoms with E-state index in [-0.39, 0.29) is 17.3 Å². The first-order chi connectivity index (χ1) is 11.3. The van der Waals surface area contributed by atoms with Crippen LogP contribution in [0.25, 0.3) is 0 Å². The lowest BCUT2D eigenvalue weighted by molar-refractivity contribution is -0.129. The summed E-state index contributed by atoms with van der Waals surface area (Å²) < 4.78 is 26.8. The lowest BCUT2D eigenvalue weighted by atomic mass is 10.2. The van der Waals surface area contributed by atoms with Gasteiger partial charge in [-0.25, -0.2) is 13.1 Å². The first-order valence-corrected chi connectivity index (χ1v) is 9.19. The summed E-state index contributed by atoms with van der Waals surface area (Å²) in [6.45, 7) is 1.84. The molecule has 0 unspecified atom stereocenters. The Morgan fingerprint density at radius 2 is 1.83 bits per heavy atom. The Morgan fingerprint density at radius 1 is 1.17 bits per heavy atom. The van der Waals surface area contributed by atoms with E-state index in [0.717, 1.165) is 5.56 Å². The van der Waals surface area contributed by atoms with Crippen LogP contribution in [0.3, 0.4) is 0 Å². The van der Waals surface area contributed by atoms with Crippen molar-refractivity contribution in [3.05, 3.63) is 64.7 Å². The molecule has 7 heteroatoms. The normalized spacial score (nSPS) is 11.3. The molecule has 0 heterocycles. The number of benzene rings is 2. The lowest BCUT2D eigenvalue weighted by Gasteiger charge is -2.17. The molecule has 0 spiro atoms. The van der Waals surface area contributed by atoms with Crippen molar-refractivity contribution >= 4 is 27.5 Å². The average Bonchev–Trinajstić information content (AvgIpc) is 2.56. The molecule has 0 aliphatic rings. The quantitative estimate of drug-likeness (QED) is 0.854. The fourth-order valence-corrected chi connectivity index (χ4v) is 3.28. The minimum atomic E-state index is -3.76. The first-order valence-electron chi connectivity index (χ1n) is 7.33. The summed E-state index contributed by atoms with van der Waals surface area (Å²) in [5, 5.41) is 0.493. The van der Waals surface area contributed by atoms with Crippen molar-refractivity contribution in [1.29, 1.82) is 0 Å². The summed E-state index contributed by atoms with van der Waals surface area (Å²) >= 11 is 5.90. The van der Waals surface area contributed by atoms with Gasteiger partial charge in [0, 0.05) is 18.6 Å².